The number of carboxylic acid groups (broad SMARTS) is 1. The van der Waals surface area contributed by atoms with E-state index in [0.29, 0.717) is 13.0 Å². The van der Waals surface area contributed by atoms with E-state index in [9.17, 15) is 4.79 Å². The van der Waals surface area contributed by atoms with Gasteiger partial charge in [-0.15, -0.1) is 0 Å². The number of carboxylic acids is 1. The first-order valence-corrected chi connectivity index (χ1v) is 4.71. The van der Waals surface area contributed by atoms with Crippen LogP contribution >= 0.6 is 0 Å². The van der Waals surface area contributed by atoms with Crippen LogP contribution < -0.4 is 0 Å². The third kappa shape index (κ3) is 6.58. The molecule has 0 amide bonds. The highest BCUT2D eigenvalue weighted by atomic mass is 16.5. The zero-order chi connectivity index (χ0) is 10.5. The predicted molar refractivity (Wildman–Crippen MR) is 51.7 cm³/mol. The van der Waals surface area contributed by atoms with Gasteiger partial charge in [-0.05, 0) is 18.3 Å². The monoisotopic (exact) mass is 188 g/mol. The van der Waals surface area contributed by atoms with Crippen molar-refractivity contribution >= 4 is 5.97 Å². The maximum absolute atomic E-state index is 10.8. The van der Waals surface area contributed by atoms with E-state index in [1.165, 1.54) is 0 Å². The first-order valence-electron chi connectivity index (χ1n) is 4.71. The van der Waals surface area contributed by atoms with E-state index in [2.05, 4.69) is 0 Å². The SMILES string of the molecule is CCCOC(CC(C)(C)C)C(=O)O. The highest BCUT2D eigenvalue weighted by Gasteiger charge is 2.24. The van der Waals surface area contributed by atoms with E-state index in [-0.39, 0.29) is 5.41 Å². The van der Waals surface area contributed by atoms with Crippen molar-refractivity contribution in [3.05, 3.63) is 0 Å². The van der Waals surface area contributed by atoms with Crippen LogP contribution in [0, 0.1) is 5.41 Å². The summed E-state index contributed by atoms with van der Waals surface area (Å²) in [6, 6.07) is 0. The Hall–Kier alpha value is -0.570. The fourth-order valence-corrected chi connectivity index (χ4v) is 1.03. The summed E-state index contributed by atoms with van der Waals surface area (Å²) in [4.78, 5) is 10.8. The molecule has 0 radical (unpaired) electrons. The number of carbonyl (C=O) groups is 1. The van der Waals surface area contributed by atoms with Crippen molar-refractivity contribution in [3.8, 4) is 0 Å². The van der Waals surface area contributed by atoms with Gasteiger partial charge in [-0.25, -0.2) is 4.79 Å². The number of aliphatic carboxylic acids is 1. The first kappa shape index (κ1) is 12.4. The van der Waals surface area contributed by atoms with Crippen LogP contribution in [0.3, 0.4) is 0 Å². The molecular weight excluding hydrogens is 168 g/mol. The van der Waals surface area contributed by atoms with Gasteiger partial charge in [0.05, 0.1) is 0 Å². The molecule has 0 heterocycles. The van der Waals surface area contributed by atoms with E-state index >= 15 is 0 Å². The van der Waals surface area contributed by atoms with E-state index in [4.69, 9.17) is 9.84 Å². The van der Waals surface area contributed by atoms with Crippen LogP contribution in [0.1, 0.15) is 40.5 Å². The minimum Gasteiger partial charge on any atom is -0.479 e. The molecule has 0 aliphatic rings. The maximum Gasteiger partial charge on any atom is 0.332 e. The fraction of sp³-hybridized carbons (Fsp3) is 0.900. The molecule has 0 aromatic carbocycles. The van der Waals surface area contributed by atoms with E-state index < -0.39 is 12.1 Å². The number of hydrogen-bond donors (Lipinski definition) is 1. The summed E-state index contributed by atoms with van der Waals surface area (Å²) in [7, 11) is 0. The van der Waals surface area contributed by atoms with E-state index in [1.54, 1.807) is 0 Å². The van der Waals surface area contributed by atoms with Gasteiger partial charge in [0.25, 0.3) is 0 Å². The molecule has 0 saturated carbocycles. The molecule has 0 bridgehead atoms. The predicted octanol–water partition coefficient (Wildman–Crippen LogP) is 2.30. The molecule has 3 heteroatoms. The number of hydrogen-bond acceptors (Lipinski definition) is 2. The molecule has 0 saturated heterocycles. The van der Waals surface area contributed by atoms with Crippen molar-refractivity contribution in [2.45, 2.75) is 46.6 Å². The van der Waals surface area contributed by atoms with Gasteiger partial charge in [-0.1, -0.05) is 27.7 Å². The van der Waals surface area contributed by atoms with Gasteiger partial charge < -0.3 is 9.84 Å². The van der Waals surface area contributed by atoms with E-state index in [1.807, 2.05) is 27.7 Å². The van der Waals surface area contributed by atoms with E-state index in [0.717, 1.165) is 6.42 Å². The van der Waals surface area contributed by atoms with Gasteiger partial charge in [0.2, 0.25) is 0 Å². The summed E-state index contributed by atoms with van der Waals surface area (Å²) in [5, 5.41) is 8.84. The lowest BCUT2D eigenvalue weighted by atomic mass is 9.89. The van der Waals surface area contributed by atoms with Gasteiger partial charge >= 0.3 is 5.97 Å². The molecule has 78 valence electrons. The van der Waals surface area contributed by atoms with Gasteiger partial charge in [0.15, 0.2) is 6.10 Å². The van der Waals surface area contributed by atoms with Gasteiger partial charge in [-0.3, -0.25) is 0 Å². The quantitative estimate of drug-likeness (QED) is 0.720. The molecule has 13 heavy (non-hydrogen) atoms. The molecule has 0 aromatic heterocycles. The topological polar surface area (TPSA) is 46.5 Å². The molecule has 0 aliphatic carbocycles. The molecule has 1 unspecified atom stereocenters. The van der Waals surface area contributed by atoms with Crippen LogP contribution in [-0.4, -0.2) is 23.8 Å². The summed E-state index contributed by atoms with van der Waals surface area (Å²) in [6.45, 7) is 8.53. The maximum atomic E-state index is 10.8. The van der Waals surface area contributed by atoms with Crippen LogP contribution in [0.2, 0.25) is 0 Å². The Kier molecular flexibility index (Phi) is 4.99. The normalized spacial score (nSPS) is 14.2. The molecular formula is C10H20O3. The molecule has 1 N–H and O–H groups in total. The Morgan fingerprint density at radius 3 is 2.31 bits per heavy atom. The summed E-state index contributed by atoms with van der Waals surface area (Å²) in [5.74, 6) is -0.858. The highest BCUT2D eigenvalue weighted by molar-refractivity contribution is 5.72. The molecule has 0 fully saturated rings. The van der Waals surface area contributed by atoms with Crippen LogP contribution in [0.4, 0.5) is 0 Å². The first-order chi connectivity index (χ1) is 5.87. The summed E-state index contributed by atoms with van der Waals surface area (Å²) in [5.41, 5.74) is -0.00318. The van der Waals surface area contributed by atoms with Crippen LogP contribution in [0.15, 0.2) is 0 Å². The number of rotatable bonds is 5. The fourth-order valence-electron chi connectivity index (χ4n) is 1.03. The minimum absolute atomic E-state index is 0.00318. The third-order valence-electron chi connectivity index (χ3n) is 1.60. The van der Waals surface area contributed by atoms with Crippen LogP contribution in [0.25, 0.3) is 0 Å². The lowest BCUT2D eigenvalue weighted by Gasteiger charge is -2.23. The standard InChI is InChI=1S/C10H20O3/c1-5-6-13-8(9(11)12)7-10(2,3)4/h8H,5-7H2,1-4H3,(H,11,12). The average Bonchev–Trinajstić information content (AvgIpc) is 1.95. The van der Waals surface area contributed by atoms with Gasteiger partial charge in [0.1, 0.15) is 0 Å². The Labute approximate surface area is 80.1 Å². The molecule has 1 atom stereocenters. The average molecular weight is 188 g/mol. The third-order valence-corrected chi connectivity index (χ3v) is 1.60. The Balaban J connectivity index is 4.03. The summed E-state index contributed by atoms with van der Waals surface area (Å²) < 4.78 is 5.23. The smallest absolute Gasteiger partial charge is 0.332 e. The molecule has 0 aromatic rings. The zero-order valence-corrected chi connectivity index (χ0v) is 8.96. The minimum atomic E-state index is -0.858. The van der Waals surface area contributed by atoms with Crippen molar-refractivity contribution in [2.24, 2.45) is 5.41 Å². The molecule has 0 spiro atoms. The molecule has 0 aliphatic heterocycles. The summed E-state index contributed by atoms with van der Waals surface area (Å²) in [6.07, 6.45) is 0.760. The summed E-state index contributed by atoms with van der Waals surface area (Å²) >= 11 is 0. The second-order valence-corrected chi connectivity index (χ2v) is 4.46. The second kappa shape index (κ2) is 5.22. The van der Waals surface area contributed by atoms with Crippen molar-refractivity contribution in [1.82, 2.24) is 0 Å². The number of ether oxygens (including phenoxy) is 1. The largest absolute Gasteiger partial charge is 0.479 e. The zero-order valence-electron chi connectivity index (χ0n) is 8.96. The molecule has 0 rings (SSSR count). The van der Waals surface area contributed by atoms with Crippen LogP contribution in [0.5, 0.6) is 0 Å². The van der Waals surface area contributed by atoms with Gasteiger partial charge in [0, 0.05) is 6.61 Å². The Bertz CT molecular complexity index is 158. The lowest BCUT2D eigenvalue weighted by Crippen LogP contribution is -2.29. The van der Waals surface area contributed by atoms with Gasteiger partial charge in [-0.2, -0.15) is 0 Å². The highest BCUT2D eigenvalue weighted by Crippen LogP contribution is 2.22. The Morgan fingerprint density at radius 1 is 1.46 bits per heavy atom. The van der Waals surface area contributed by atoms with Crippen molar-refractivity contribution < 1.29 is 14.6 Å². The molecule has 3 nitrogen and oxygen atoms in total. The van der Waals surface area contributed by atoms with Crippen molar-refractivity contribution in [2.75, 3.05) is 6.61 Å². The lowest BCUT2D eigenvalue weighted by molar-refractivity contribution is -0.152. The second-order valence-electron chi connectivity index (χ2n) is 4.46. The van der Waals surface area contributed by atoms with Crippen molar-refractivity contribution in [1.29, 1.82) is 0 Å². The Morgan fingerprint density at radius 2 is 2.00 bits per heavy atom. The van der Waals surface area contributed by atoms with Crippen molar-refractivity contribution in [3.63, 3.8) is 0 Å². The van der Waals surface area contributed by atoms with Crippen LogP contribution in [-0.2, 0) is 9.53 Å².